The Hall–Kier alpha value is -0.000000000000000111. The molecule has 0 fully saturated rings. The molecule has 0 bridgehead atoms. The van der Waals surface area contributed by atoms with Crippen molar-refractivity contribution in [3.63, 3.8) is 0 Å². The summed E-state index contributed by atoms with van der Waals surface area (Å²) in [6.45, 7) is 3.53. The van der Waals surface area contributed by atoms with Gasteiger partial charge in [0.25, 0.3) is 0 Å². The van der Waals surface area contributed by atoms with Crippen LogP contribution in [0, 0.1) is 0 Å². The maximum Gasteiger partial charge on any atom is 0.241 e. The van der Waals surface area contributed by atoms with Crippen molar-refractivity contribution < 1.29 is 8.42 Å². The van der Waals surface area contributed by atoms with Gasteiger partial charge in [0, 0.05) is 21.5 Å². The average Bonchev–Trinajstić information content (AvgIpc) is 2.13. The van der Waals surface area contributed by atoms with Crippen molar-refractivity contribution in [2.24, 2.45) is 0 Å². The van der Waals surface area contributed by atoms with E-state index in [-0.39, 0.29) is 14.9 Å². The van der Waals surface area contributed by atoms with Crippen molar-refractivity contribution in [1.82, 2.24) is 4.72 Å². The Kier molecular flexibility index (Phi) is 5.32. The lowest BCUT2D eigenvalue weighted by molar-refractivity contribution is 0.441. The number of hydrogen-bond donors (Lipinski definition) is 1. The third kappa shape index (κ3) is 4.59. The Balaban J connectivity index is 3.07. The summed E-state index contributed by atoms with van der Waals surface area (Å²) < 4.78 is 26.9. The summed E-state index contributed by atoms with van der Waals surface area (Å²) in [5.74, 6) is 0.367. The van der Waals surface area contributed by atoms with Crippen LogP contribution in [0.4, 0.5) is 0 Å². The molecule has 0 aliphatic rings. The van der Waals surface area contributed by atoms with Crippen LogP contribution in [0.3, 0.4) is 0 Å². The minimum absolute atomic E-state index is 0.0441. The van der Waals surface area contributed by atoms with Crippen LogP contribution in [-0.4, -0.2) is 19.8 Å². The van der Waals surface area contributed by atoms with Crippen molar-refractivity contribution >= 4 is 44.8 Å². The molecule has 1 aromatic carbocycles. The lowest BCUT2D eigenvalue weighted by Crippen LogP contribution is -2.43. The predicted octanol–water partition coefficient (Wildman–Crippen LogP) is 3.68. The molecule has 0 aliphatic heterocycles. The van der Waals surface area contributed by atoms with Crippen LogP contribution in [0.25, 0.3) is 0 Å². The molecule has 102 valence electrons. The Labute approximate surface area is 122 Å². The summed E-state index contributed by atoms with van der Waals surface area (Å²) in [5, 5.41) is 0.552. The van der Waals surface area contributed by atoms with E-state index in [2.05, 4.69) is 4.72 Å². The number of benzene rings is 1. The molecule has 0 radical (unpaired) electrons. The zero-order chi connectivity index (χ0) is 14.0. The van der Waals surface area contributed by atoms with E-state index >= 15 is 0 Å². The van der Waals surface area contributed by atoms with Crippen molar-refractivity contribution in [1.29, 1.82) is 0 Å². The minimum Gasteiger partial charge on any atom is -0.207 e. The Bertz CT molecular complexity index is 509. The van der Waals surface area contributed by atoms with Gasteiger partial charge in [0.15, 0.2) is 0 Å². The highest BCUT2D eigenvalue weighted by Gasteiger charge is 2.26. The van der Waals surface area contributed by atoms with Gasteiger partial charge >= 0.3 is 0 Å². The molecule has 0 saturated heterocycles. The lowest BCUT2D eigenvalue weighted by atomic mass is 10.0. The van der Waals surface area contributed by atoms with Crippen LogP contribution in [0.5, 0.6) is 0 Å². The number of hydrogen-bond acceptors (Lipinski definition) is 2. The Morgan fingerprint density at radius 2 is 1.67 bits per heavy atom. The summed E-state index contributed by atoms with van der Waals surface area (Å²) in [6, 6.07) is 4.19. The fourth-order valence-electron chi connectivity index (χ4n) is 1.39. The number of sulfonamides is 1. The van der Waals surface area contributed by atoms with E-state index in [0.29, 0.717) is 12.3 Å². The van der Waals surface area contributed by atoms with Crippen LogP contribution < -0.4 is 4.72 Å². The molecule has 1 rings (SSSR count). The molecular weight excluding hydrogens is 317 g/mol. The first kappa shape index (κ1) is 16.1. The molecule has 3 nitrogen and oxygen atoms in total. The van der Waals surface area contributed by atoms with E-state index in [1.807, 2.05) is 0 Å². The van der Waals surface area contributed by atoms with E-state index < -0.39 is 15.6 Å². The van der Waals surface area contributed by atoms with E-state index in [1.165, 1.54) is 18.2 Å². The number of alkyl halides is 1. The summed E-state index contributed by atoms with van der Waals surface area (Å²) in [7, 11) is -3.66. The van der Waals surface area contributed by atoms with E-state index in [1.54, 1.807) is 13.8 Å². The Morgan fingerprint density at radius 3 is 2.11 bits per heavy atom. The van der Waals surface area contributed by atoms with Gasteiger partial charge in [-0.15, -0.1) is 11.6 Å². The largest absolute Gasteiger partial charge is 0.241 e. The molecule has 1 N–H and O–H groups in total. The highest BCUT2D eigenvalue weighted by molar-refractivity contribution is 7.89. The van der Waals surface area contributed by atoms with E-state index in [9.17, 15) is 8.42 Å². The lowest BCUT2D eigenvalue weighted by Gasteiger charge is -2.25. The highest BCUT2D eigenvalue weighted by atomic mass is 35.5. The van der Waals surface area contributed by atoms with Gasteiger partial charge in [-0.1, -0.05) is 23.2 Å². The molecule has 0 heterocycles. The third-order valence-electron chi connectivity index (χ3n) is 2.28. The summed E-state index contributed by atoms with van der Waals surface area (Å²) in [6.07, 6.45) is 0.516. The molecule has 1 aromatic rings. The molecular formula is C11H14Cl3NO2S. The van der Waals surface area contributed by atoms with Gasteiger partial charge in [-0.3, -0.25) is 0 Å². The van der Waals surface area contributed by atoms with Gasteiger partial charge in [-0.05, 0) is 38.5 Å². The minimum atomic E-state index is -3.66. The summed E-state index contributed by atoms with van der Waals surface area (Å²) in [4.78, 5) is 0.0441. The van der Waals surface area contributed by atoms with E-state index in [4.69, 9.17) is 34.8 Å². The SMILES string of the molecule is CC(C)(CCCl)NS(=O)(=O)c1cc(Cl)cc(Cl)c1. The maximum atomic E-state index is 12.2. The second kappa shape index (κ2) is 5.97. The van der Waals surface area contributed by atoms with Crippen molar-refractivity contribution in [2.75, 3.05) is 5.88 Å². The van der Waals surface area contributed by atoms with Crippen molar-refractivity contribution in [3.05, 3.63) is 28.2 Å². The first-order valence-corrected chi connectivity index (χ1v) is 8.00. The zero-order valence-corrected chi connectivity index (χ0v) is 13.1. The zero-order valence-electron chi connectivity index (χ0n) is 10.0. The normalized spacial score (nSPS) is 12.7. The molecule has 0 unspecified atom stereocenters. The smallest absolute Gasteiger partial charge is 0.207 e. The van der Waals surface area contributed by atoms with Gasteiger partial charge in [0.05, 0.1) is 4.90 Å². The Morgan fingerprint density at radius 1 is 1.17 bits per heavy atom. The van der Waals surface area contributed by atoms with Gasteiger partial charge in [0.2, 0.25) is 10.0 Å². The predicted molar refractivity (Wildman–Crippen MR) is 76.2 cm³/mol. The second-order valence-corrected chi connectivity index (χ2v) is 7.47. The third-order valence-corrected chi connectivity index (χ3v) is 4.58. The molecule has 0 atom stereocenters. The monoisotopic (exact) mass is 329 g/mol. The standard InChI is InChI=1S/C11H14Cl3NO2S/c1-11(2,3-4-12)15-18(16,17)10-6-8(13)5-9(14)7-10/h5-7,15H,3-4H2,1-2H3. The van der Waals surface area contributed by atoms with Gasteiger partial charge in [-0.25, -0.2) is 13.1 Å². The summed E-state index contributed by atoms with van der Waals surface area (Å²) in [5.41, 5.74) is -0.630. The topological polar surface area (TPSA) is 46.2 Å². The molecule has 0 aliphatic carbocycles. The maximum absolute atomic E-state index is 12.2. The molecule has 0 saturated carbocycles. The van der Waals surface area contributed by atoms with Gasteiger partial charge in [-0.2, -0.15) is 0 Å². The van der Waals surface area contributed by atoms with Gasteiger partial charge in [0.1, 0.15) is 0 Å². The van der Waals surface area contributed by atoms with Crippen LogP contribution >= 0.6 is 34.8 Å². The molecule has 0 aromatic heterocycles. The van der Waals surface area contributed by atoms with Crippen LogP contribution in [0.2, 0.25) is 10.0 Å². The summed E-state index contributed by atoms with van der Waals surface area (Å²) >= 11 is 17.2. The second-order valence-electron chi connectivity index (χ2n) is 4.53. The quantitative estimate of drug-likeness (QED) is 0.837. The first-order valence-electron chi connectivity index (χ1n) is 5.22. The molecule has 7 heteroatoms. The van der Waals surface area contributed by atoms with Crippen LogP contribution in [0.1, 0.15) is 20.3 Å². The van der Waals surface area contributed by atoms with Gasteiger partial charge < -0.3 is 0 Å². The number of nitrogens with one attached hydrogen (secondary N) is 1. The highest BCUT2D eigenvalue weighted by Crippen LogP contribution is 2.23. The molecule has 18 heavy (non-hydrogen) atoms. The fraction of sp³-hybridized carbons (Fsp3) is 0.455. The van der Waals surface area contributed by atoms with Crippen LogP contribution in [-0.2, 0) is 10.0 Å². The average molecular weight is 331 g/mol. The van der Waals surface area contributed by atoms with E-state index in [0.717, 1.165) is 0 Å². The number of rotatable bonds is 5. The first-order chi connectivity index (χ1) is 8.16. The molecule has 0 spiro atoms. The molecule has 0 amide bonds. The van der Waals surface area contributed by atoms with Crippen molar-refractivity contribution in [3.8, 4) is 0 Å². The van der Waals surface area contributed by atoms with Crippen molar-refractivity contribution in [2.45, 2.75) is 30.7 Å². The number of halogens is 3. The fourth-order valence-corrected chi connectivity index (χ4v) is 4.03. The van der Waals surface area contributed by atoms with Crippen LogP contribution in [0.15, 0.2) is 23.1 Å².